The molecule has 6 heteroatoms. The Morgan fingerprint density at radius 3 is 2.96 bits per heavy atom. The van der Waals surface area contributed by atoms with E-state index < -0.39 is 0 Å². The fourth-order valence-electron chi connectivity index (χ4n) is 3.92. The monoisotopic (exact) mass is 335 g/mol. The second-order valence-corrected chi connectivity index (χ2v) is 6.76. The van der Waals surface area contributed by atoms with Crippen LogP contribution in [-0.2, 0) is 6.42 Å². The topological polar surface area (TPSA) is 85.1 Å². The number of nitriles is 1. The van der Waals surface area contributed by atoms with E-state index in [1.165, 1.54) is 24.5 Å². The van der Waals surface area contributed by atoms with Gasteiger partial charge in [0.05, 0.1) is 17.3 Å². The number of phenols is 1. The summed E-state index contributed by atoms with van der Waals surface area (Å²) in [6, 6.07) is 7.44. The first-order valence-corrected chi connectivity index (χ1v) is 8.76. The summed E-state index contributed by atoms with van der Waals surface area (Å²) < 4.78 is 0. The van der Waals surface area contributed by atoms with Gasteiger partial charge in [0.25, 0.3) is 0 Å². The van der Waals surface area contributed by atoms with Crippen LogP contribution in [0.25, 0.3) is 11.3 Å². The lowest BCUT2D eigenvalue weighted by Gasteiger charge is -2.32. The molecule has 2 aromatic rings. The predicted molar refractivity (Wildman–Crippen MR) is 95.5 cm³/mol. The molecule has 0 radical (unpaired) electrons. The van der Waals surface area contributed by atoms with Gasteiger partial charge in [-0.2, -0.15) is 5.26 Å². The van der Waals surface area contributed by atoms with Crippen LogP contribution in [0.4, 0.5) is 5.82 Å². The standard InChI is InChI=1S/C19H21N5O/c1-12-15-6-8-24(14-3-2-7-21-11-14)19(15)23-22-18(12)16-5-4-13(10-20)9-17(16)25/h4-5,9,14,21,25H,2-3,6-8,11H2,1H3. The fourth-order valence-corrected chi connectivity index (χ4v) is 3.92. The van der Waals surface area contributed by atoms with E-state index in [2.05, 4.69) is 20.4 Å². The number of aromatic hydroxyl groups is 1. The molecular formula is C19H21N5O. The van der Waals surface area contributed by atoms with Crippen molar-refractivity contribution in [3.05, 3.63) is 34.9 Å². The molecule has 1 saturated heterocycles. The number of benzene rings is 1. The molecule has 0 spiro atoms. The molecule has 1 aromatic carbocycles. The van der Waals surface area contributed by atoms with E-state index in [4.69, 9.17) is 5.26 Å². The summed E-state index contributed by atoms with van der Waals surface area (Å²) in [6.45, 7) is 5.11. The van der Waals surface area contributed by atoms with Crippen molar-refractivity contribution in [2.24, 2.45) is 0 Å². The van der Waals surface area contributed by atoms with Crippen molar-refractivity contribution in [2.45, 2.75) is 32.2 Å². The largest absolute Gasteiger partial charge is 0.507 e. The molecule has 4 rings (SSSR count). The lowest BCUT2D eigenvalue weighted by atomic mass is 10.0. The number of nitrogens with zero attached hydrogens (tertiary/aromatic N) is 4. The summed E-state index contributed by atoms with van der Waals surface area (Å²) in [4.78, 5) is 2.38. The van der Waals surface area contributed by atoms with Crippen molar-refractivity contribution in [1.29, 1.82) is 5.26 Å². The second kappa shape index (κ2) is 6.34. The third-order valence-electron chi connectivity index (χ3n) is 5.29. The predicted octanol–water partition coefficient (Wildman–Crippen LogP) is 2.14. The third kappa shape index (κ3) is 2.71. The average molecular weight is 335 g/mol. The van der Waals surface area contributed by atoms with E-state index in [0.717, 1.165) is 37.4 Å². The van der Waals surface area contributed by atoms with Gasteiger partial charge in [0.15, 0.2) is 5.82 Å². The minimum atomic E-state index is 0.0720. The van der Waals surface area contributed by atoms with Gasteiger partial charge in [-0.05, 0) is 56.5 Å². The number of phenolic OH excluding ortho intramolecular Hbond substituents is 1. The van der Waals surface area contributed by atoms with Crippen molar-refractivity contribution >= 4 is 5.82 Å². The Bertz CT molecular complexity index is 852. The zero-order valence-corrected chi connectivity index (χ0v) is 14.3. The maximum absolute atomic E-state index is 10.3. The van der Waals surface area contributed by atoms with Crippen LogP contribution in [0.2, 0.25) is 0 Å². The zero-order valence-electron chi connectivity index (χ0n) is 14.3. The molecule has 0 aliphatic carbocycles. The molecule has 0 amide bonds. The number of nitrogens with one attached hydrogen (secondary N) is 1. The Labute approximate surface area is 147 Å². The maximum atomic E-state index is 10.3. The Hall–Kier alpha value is -2.65. The lowest BCUT2D eigenvalue weighted by molar-refractivity contribution is 0.435. The molecule has 1 unspecified atom stereocenters. The summed E-state index contributed by atoms with van der Waals surface area (Å²) in [5, 5.41) is 31.6. The van der Waals surface area contributed by atoms with E-state index in [1.807, 2.05) is 13.0 Å². The molecule has 1 fully saturated rings. The van der Waals surface area contributed by atoms with Crippen LogP contribution in [0.1, 0.15) is 29.5 Å². The number of hydrogen-bond donors (Lipinski definition) is 2. The molecule has 2 aliphatic rings. The Morgan fingerprint density at radius 2 is 2.24 bits per heavy atom. The van der Waals surface area contributed by atoms with E-state index >= 15 is 0 Å². The summed E-state index contributed by atoms with van der Waals surface area (Å²) in [5.41, 5.74) is 4.05. The minimum Gasteiger partial charge on any atom is -0.507 e. The van der Waals surface area contributed by atoms with Crippen molar-refractivity contribution in [2.75, 3.05) is 24.5 Å². The molecule has 25 heavy (non-hydrogen) atoms. The molecule has 1 aromatic heterocycles. The summed E-state index contributed by atoms with van der Waals surface area (Å²) >= 11 is 0. The molecule has 2 N–H and O–H groups in total. The van der Waals surface area contributed by atoms with Crippen molar-refractivity contribution in [1.82, 2.24) is 15.5 Å². The molecule has 0 saturated carbocycles. The molecular weight excluding hydrogens is 314 g/mol. The van der Waals surface area contributed by atoms with Crippen molar-refractivity contribution < 1.29 is 5.11 Å². The average Bonchev–Trinajstić information content (AvgIpc) is 3.08. The Kier molecular flexibility index (Phi) is 4.02. The van der Waals surface area contributed by atoms with Gasteiger partial charge in [-0.15, -0.1) is 10.2 Å². The second-order valence-electron chi connectivity index (χ2n) is 6.76. The minimum absolute atomic E-state index is 0.0720. The SMILES string of the molecule is Cc1c(-c2ccc(C#N)cc2O)nnc2c1CCN2C1CCCNC1. The van der Waals surface area contributed by atoms with Crippen molar-refractivity contribution in [3.8, 4) is 23.1 Å². The van der Waals surface area contributed by atoms with E-state index in [1.54, 1.807) is 12.1 Å². The van der Waals surface area contributed by atoms with Crippen LogP contribution in [-0.4, -0.2) is 41.0 Å². The number of piperidine rings is 1. The molecule has 1 atom stereocenters. The highest BCUT2D eigenvalue weighted by Gasteiger charge is 2.31. The lowest BCUT2D eigenvalue weighted by Crippen LogP contribution is -2.45. The van der Waals surface area contributed by atoms with Crippen LogP contribution in [0.15, 0.2) is 18.2 Å². The van der Waals surface area contributed by atoms with Gasteiger partial charge in [-0.25, -0.2) is 0 Å². The first-order valence-electron chi connectivity index (χ1n) is 8.76. The van der Waals surface area contributed by atoms with E-state index in [0.29, 0.717) is 22.9 Å². The highest BCUT2D eigenvalue weighted by atomic mass is 16.3. The van der Waals surface area contributed by atoms with Crippen LogP contribution in [0.5, 0.6) is 5.75 Å². The van der Waals surface area contributed by atoms with Gasteiger partial charge < -0.3 is 15.3 Å². The molecule has 3 heterocycles. The Balaban J connectivity index is 1.71. The smallest absolute Gasteiger partial charge is 0.155 e. The van der Waals surface area contributed by atoms with Crippen LogP contribution in [0, 0.1) is 18.3 Å². The third-order valence-corrected chi connectivity index (χ3v) is 5.29. The fraction of sp³-hybridized carbons (Fsp3) is 0.421. The number of aromatic nitrogens is 2. The molecule has 128 valence electrons. The first-order chi connectivity index (χ1) is 12.2. The van der Waals surface area contributed by atoms with Gasteiger partial charge in [-0.1, -0.05) is 0 Å². The van der Waals surface area contributed by atoms with E-state index in [-0.39, 0.29) is 5.75 Å². The summed E-state index contributed by atoms with van der Waals surface area (Å²) in [6.07, 6.45) is 3.34. The normalized spacial score (nSPS) is 19.5. The molecule has 2 aliphatic heterocycles. The van der Waals surface area contributed by atoms with Crippen molar-refractivity contribution in [3.63, 3.8) is 0 Å². The van der Waals surface area contributed by atoms with Gasteiger partial charge in [0.2, 0.25) is 0 Å². The highest BCUT2D eigenvalue weighted by Crippen LogP contribution is 2.37. The summed E-state index contributed by atoms with van der Waals surface area (Å²) in [5.74, 6) is 1.06. The highest BCUT2D eigenvalue weighted by molar-refractivity contribution is 5.73. The van der Waals surface area contributed by atoms with Gasteiger partial charge in [0.1, 0.15) is 5.75 Å². The zero-order chi connectivity index (χ0) is 17.4. The summed E-state index contributed by atoms with van der Waals surface area (Å²) in [7, 11) is 0. The first kappa shape index (κ1) is 15.9. The number of fused-ring (bicyclic) bond motifs is 1. The van der Waals surface area contributed by atoms with Gasteiger partial charge in [-0.3, -0.25) is 0 Å². The molecule has 6 nitrogen and oxygen atoms in total. The van der Waals surface area contributed by atoms with Gasteiger partial charge >= 0.3 is 0 Å². The van der Waals surface area contributed by atoms with Crippen LogP contribution in [0.3, 0.4) is 0 Å². The number of rotatable bonds is 2. The van der Waals surface area contributed by atoms with Crippen LogP contribution < -0.4 is 10.2 Å². The Morgan fingerprint density at radius 1 is 1.36 bits per heavy atom. The molecule has 0 bridgehead atoms. The van der Waals surface area contributed by atoms with E-state index in [9.17, 15) is 5.11 Å². The number of anilines is 1. The van der Waals surface area contributed by atoms with Crippen LogP contribution >= 0.6 is 0 Å². The number of hydrogen-bond acceptors (Lipinski definition) is 6. The quantitative estimate of drug-likeness (QED) is 0.875. The van der Waals surface area contributed by atoms with Gasteiger partial charge in [0, 0.05) is 30.3 Å². The maximum Gasteiger partial charge on any atom is 0.155 e.